The van der Waals surface area contributed by atoms with Crippen LogP contribution in [0.15, 0.2) is 66.9 Å². The predicted octanol–water partition coefficient (Wildman–Crippen LogP) is 3.40. The summed E-state index contributed by atoms with van der Waals surface area (Å²) in [6.07, 6.45) is 1.97. The third-order valence-corrected chi connectivity index (χ3v) is 10.3. The predicted molar refractivity (Wildman–Crippen MR) is 205 cm³/mol. The van der Waals surface area contributed by atoms with Gasteiger partial charge in [0, 0.05) is 56.1 Å². The van der Waals surface area contributed by atoms with Gasteiger partial charge in [-0.25, -0.2) is 14.4 Å². The lowest BCUT2D eigenvalue weighted by Gasteiger charge is -2.36. The van der Waals surface area contributed by atoms with E-state index in [2.05, 4.69) is 35.7 Å². The number of ether oxygens (including phenoxy) is 2. The molecule has 0 aliphatic carbocycles. The number of H-pyrrole nitrogens is 1. The molecule has 0 bridgehead atoms. The third kappa shape index (κ3) is 7.36. The molecule has 8 rings (SSSR count). The van der Waals surface area contributed by atoms with Crippen molar-refractivity contribution in [2.24, 2.45) is 0 Å². The molecule has 16 nitrogen and oxygen atoms in total. The molecule has 3 aromatic carbocycles. The number of fused-ring (bicyclic) bond motifs is 2. The molecule has 5 amide bonds. The van der Waals surface area contributed by atoms with Gasteiger partial charge in [-0.05, 0) is 48.9 Å². The van der Waals surface area contributed by atoms with Gasteiger partial charge in [0.15, 0.2) is 5.82 Å². The lowest BCUT2D eigenvalue weighted by Crippen LogP contribution is -2.54. The lowest BCUT2D eigenvalue weighted by molar-refractivity contribution is -0.136. The van der Waals surface area contributed by atoms with Gasteiger partial charge >= 0.3 is 0 Å². The van der Waals surface area contributed by atoms with Crippen molar-refractivity contribution in [1.82, 2.24) is 35.3 Å². The normalized spacial score (nSPS) is 16.9. The van der Waals surface area contributed by atoms with Gasteiger partial charge in [0.05, 0.1) is 49.6 Å². The molecule has 2 fully saturated rings. The number of anilines is 2. The molecule has 3 N–H and O–H groups in total. The number of aromatic amines is 1. The molecule has 2 aromatic heterocycles. The van der Waals surface area contributed by atoms with Gasteiger partial charge in [0.1, 0.15) is 34.3 Å². The Hall–Kier alpha value is -6.75. The van der Waals surface area contributed by atoms with Crippen molar-refractivity contribution in [3.8, 4) is 28.4 Å². The number of nitrogens with zero attached hydrogens (tertiary/aromatic N) is 6. The molecule has 57 heavy (non-hydrogen) atoms. The van der Waals surface area contributed by atoms with Crippen LogP contribution in [-0.2, 0) is 19.1 Å². The molecule has 1 unspecified atom stereocenters. The molecule has 0 spiro atoms. The molecule has 17 heteroatoms. The molecule has 5 heterocycles. The van der Waals surface area contributed by atoms with Gasteiger partial charge in [-0.2, -0.15) is 5.10 Å². The molecule has 0 radical (unpaired) electrons. The zero-order valence-corrected chi connectivity index (χ0v) is 30.9. The van der Waals surface area contributed by atoms with Crippen LogP contribution in [0.5, 0.6) is 5.75 Å². The highest BCUT2D eigenvalue weighted by molar-refractivity contribution is 6.23. The third-order valence-electron chi connectivity index (χ3n) is 10.3. The largest absolute Gasteiger partial charge is 0.496 e. The Labute approximate surface area is 325 Å². The molecule has 3 aliphatic heterocycles. The Morgan fingerprint density at radius 2 is 1.75 bits per heavy atom. The Balaban J connectivity index is 0.781. The summed E-state index contributed by atoms with van der Waals surface area (Å²) >= 11 is 0. The molecule has 1 atom stereocenters. The van der Waals surface area contributed by atoms with Gasteiger partial charge in [-0.3, -0.25) is 39.3 Å². The van der Waals surface area contributed by atoms with E-state index in [1.807, 2.05) is 29.2 Å². The van der Waals surface area contributed by atoms with E-state index in [1.54, 1.807) is 36.5 Å². The number of carbonyl (C=O) groups excluding carboxylic acids is 5. The average molecular weight is 776 g/mol. The minimum Gasteiger partial charge on any atom is -0.496 e. The second-order valence-electron chi connectivity index (χ2n) is 13.8. The Bertz CT molecular complexity index is 2390. The number of hydrogen-bond donors (Lipinski definition) is 3. The summed E-state index contributed by atoms with van der Waals surface area (Å²) in [7, 11) is 1.47. The van der Waals surface area contributed by atoms with Crippen LogP contribution in [-0.4, -0.2) is 119 Å². The number of piperazine rings is 1. The second-order valence-corrected chi connectivity index (χ2v) is 13.8. The summed E-state index contributed by atoms with van der Waals surface area (Å²) in [5.41, 5.74) is 4.81. The molecule has 0 saturated carbocycles. The SMILES string of the molecule is COc1cccc(F)c1-c1ncc2[nH]nc(-c3ccc(N4CCN(C(=O)CCOCCNc5ccc6c(c5)C(=O)N(C5CCC(=O)NC5=O)C6=O)CC4)cc3)c2n1. The van der Waals surface area contributed by atoms with E-state index < -0.39 is 35.5 Å². The van der Waals surface area contributed by atoms with Gasteiger partial charge < -0.3 is 24.6 Å². The number of benzene rings is 3. The summed E-state index contributed by atoms with van der Waals surface area (Å²) in [5.74, 6) is -2.15. The van der Waals surface area contributed by atoms with Crippen LogP contribution in [0.2, 0.25) is 0 Å². The highest BCUT2D eigenvalue weighted by Gasteiger charge is 2.44. The van der Waals surface area contributed by atoms with Crippen LogP contribution in [0, 0.1) is 5.82 Å². The topological polar surface area (TPSA) is 192 Å². The average Bonchev–Trinajstić information content (AvgIpc) is 3.76. The molecular formula is C40H38FN9O7. The molecule has 2 saturated heterocycles. The van der Waals surface area contributed by atoms with Gasteiger partial charge in [-0.1, -0.05) is 18.2 Å². The van der Waals surface area contributed by atoms with Crippen LogP contribution in [0.25, 0.3) is 33.7 Å². The number of piperidine rings is 1. The first kappa shape index (κ1) is 37.2. The minimum atomic E-state index is -1.02. The lowest BCUT2D eigenvalue weighted by atomic mass is 10.0. The van der Waals surface area contributed by atoms with Crippen LogP contribution in [0.1, 0.15) is 40.0 Å². The number of halogens is 1. The molecular weight excluding hydrogens is 737 g/mol. The van der Waals surface area contributed by atoms with E-state index in [9.17, 15) is 28.4 Å². The molecule has 5 aromatic rings. The summed E-state index contributed by atoms with van der Waals surface area (Å²) in [5, 5.41) is 12.8. The van der Waals surface area contributed by atoms with Gasteiger partial charge in [0.2, 0.25) is 17.7 Å². The summed E-state index contributed by atoms with van der Waals surface area (Å²) in [4.78, 5) is 76.7. The Kier molecular flexibility index (Phi) is 10.3. The van der Waals surface area contributed by atoms with Crippen LogP contribution in [0.3, 0.4) is 0 Å². The number of carbonyl (C=O) groups is 5. The fourth-order valence-electron chi connectivity index (χ4n) is 7.34. The van der Waals surface area contributed by atoms with Crippen LogP contribution >= 0.6 is 0 Å². The van der Waals surface area contributed by atoms with E-state index in [-0.39, 0.29) is 54.3 Å². The van der Waals surface area contributed by atoms with Crippen molar-refractivity contribution in [2.75, 3.05) is 63.3 Å². The molecule has 3 aliphatic rings. The Morgan fingerprint density at radius 1 is 0.965 bits per heavy atom. The highest BCUT2D eigenvalue weighted by atomic mass is 19.1. The fraction of sp³-hybridized carbons (Fsp3) is 0.300. The molecule has 292 valence electrons. The zero-order chi connectivity index (χ0) is 39.6. The summed E-state index contributed by atoms with van der Waals surface area (Å²) in [6, 6.07) is 16.3. The first-order valence-corrected chi connectivity index (χ1v) is 18.5. The summed E-state index contributed by atoms with van der Waals surface area (Å²) in [6.45, 7) is 3.45. The fourth-order valence-corrected chi connectivity index (χ4v) is 7.34. The summed E-state index contributed by atoms with van der Waals surface area (Å²) < 4.78 is 25.8. The van der Waals surface area contributed by atoms with Crippen molar-refractivity contribution in [1.29, 1.82) is 0 Å². The van der Waals surface area contributed by atoms with Crippen molar-refractivity contribution >= 4 is 51.9 Å². The first-order valence-electron chi connectivity index (χ1n) is 18.5. The Morgan fingerprint density at radius 3 is 2.53 bits per heavy atom. The highest BCUT2D eigenvalue weighted by Crippen LogP contribution is 2.34. The van der Waals surface area contributed by atoms with Crippen LogP contribution in [0.4, 0.5) is 15.8 Å². The van der Waals surface area contributed by atoms with E-state index >= 15 is 0 Å². The maximum absolute atomic E-state index is 14.8. The zero-order valence-electron chi connectivity index (χ0n) is 30.9. The number of rotatable bonds is 12. The van der Waals surface area contributed by atoms with Crippen molar-refractivity contribution in [3.05, 3.63) is 83.8 Å². The van der Waals surface area contributed by atoms with Gasteiger partial charge in [-0.15, -0.1) is 0 Å². The maximum atomic E-state index is 14.8. The van der Waals surface area contributed by atoms with E-state index in [1.165, 1.54) is 13.2 Å². The van der Waals surface area contributed by atoms with E-state index in [4.69, 9.17) is 9.47 Å². The number of methoxy groups -OCH3 is 1. The second kappa shape index (κ2) is 15.8. The van der Waals surface area contributed by atoms with E-state index in [0.717, 1.165) is 16.2 Å². The number of hydrogen-bond acceptors (Lipinski definition) is 12. The number of aromatic nitrogens is 4. The standard InChI is InChI=1S/C40H38FN9O7/c1-56-31-4-2-3-28(41)34(31)37-43-22-29-36(45-37)35(47-46-29)23-5-8-25(9-6-23)48-15-17-49(18-16-48)33(52)13-19-57-20-14-42-24-7-10-26-27(21-24)40(55)50(39(26)54)30-11-12-32(51)44-38(30)53/h2-10,21-22,30,42H,11-20H2,1H3,(H,46,47)(H,44,51,53). The quantitative estimate of drug-likeness (QED) is 0.124. The van der Waals surface area contributed by atoms with E-state index in [0.29, 0.717) is 67.5 Å². The van der Waals surface area contributed by atoms with Crippen LogP contribution < -0.4 is 20.3 Å². The van der Waals surface area contributed by atoms with Crippen molar-refractivity contribution in [2.45, 2.75) is 25.3 Å². The maximum Gasteiger partial charge on any atom is 0.262 e. The smallest absolute Gasteiger partial charge is 0.262 e. The van der Waals surface area contributed by atoms with Crippen molar-refractivity contribution in [3.63, 3.8) is 0 Å². The monoisotopic (exact) mass is 775 g/mol. The minimum absolute atomic E-state index is 0.0140. The van der Waals surface area contributed by atoms with Gasteiger partial charge in [0.25, 0.3) is 11.8 Å². The first-order chi connectivity index (χ1) is 27.7. The van der Waals surface area contributed by atoms with Crippen molar-refractivity contribution < 1.29 is 37.8 Å². The number of amides is 5. The number of imide groups is 2. The number of nitrogens with one attached hydrogen (secondary N) is 3.